The van der Waals surface area contributed by atoms with E-state index in [2.05, 4.69) is 20.5 Å². The van der Waals surface area contributed by atoms with Crippen molar-refractivity contribution in [3.05, 3.63) is 11.5 Å². The largest absolute Gasteiger partial charge is 0.366 e. The summed E-state index contributed by atoms with van der Waals surface area (Å²) in [6.45, 7) is 0. The van der Waals surface area contributed by atoms with Crippen molar-refractivity contribution in [2.75, 3.05) is 5.32 Å². The SMILES string of the molecule is Clc1nncc(NC2CCCCC2)n1. The van der Waals surface area contributed by atoms with Crippen LogP contribution in [0, 0.1) is 0 Å². The molecule has 1 aliphatic rings. The topological polar surface area (TPSA) is 50.7 Å². The lowest BCUT2D eigenvalue weighted by molar-refractivity contribution is 0.461. The van der Waals surface area contributed by atoms with Crippen molar-refractivity contribution in [2.45, 2.75) is 38.1 Å². The average molecular weight is 213 g/mol. The van der Waals surface area contributed by atoms with Crippen LogP contribution in [0.3, 0.4) is 0 Å². The highest BCUT2D eigenvalue weighted by atomic mass is 35.5. The Hall–Kier alpha value is -0.900. The molecule has 1 saturated carbocycles. The van der Waals surface area contributed by atoms with Gasteiger partial charge in [0.1, 0.15) is 5.82 Å². The molecule has 0 radical (unpaired) electrons. The summed E-state index contributed by atoms with van der Waals surface area (Å²) < 4.78 is 0. The van der Waals surface area contributed by atoms with Crippen LogP contribution in [0.1, 0.15) is 32.1 Å². The van der Waals surface area contributed by atoms with Crippen LogP contribution in [0.25, 0.3) is 0 Å². The third kappa shape index (κ3) is 2.54. The Balaban J connectivity index is 1.95. The molecule has 5 heteroatoms. The minimum absolute atomic E-state index is 0.200. The third-order valence-corrected chi connectivity index (χ3v) is 2.65. The summed E-state index contributed by atoms with van der Waals surface area (Å²) in [4.78, 5) is 4.05. The highest BCUT2D eigenvalue weighted by molar-refractivity contribution is 6.28. The zero-order valence-corrected chi connectivity index (χ0v) is 8.67. The van der Waals surface area contributed by atoms with Crippen LogP contribution in [-0.4, -0.2) is 21.2 Å². The second kappa shape index (κ2) is 4.55. The van der Waals surface area contributed by atoms with E-state index in [0.717, 1.165) is 5.82 Å². The number of nitrogens with one attached hydrogen (secondary N) is 1. The summed E-state index contributed by atoms with van der Waals surface area (Å²) in [6, 6.07) is 0.525. The van der Waals surface area contributed by atoms with E-state index in [-0.39, 0.29) is 5.28 Å². The second-order valence-corrected chi connectivity index (χ2v) is 3.93. The lowest BCUT2D eigenvalue weighted by Gasteiger charge is -2.22. The molecule has 0 atom stereocenters. The number of rotatable bonds is 2. The monoisotopic (exact) mass is 212 g/mol. The van der Waals surface area contributed by atoms with Crippen molar-refractivity contribution in [3.8, 4) is 0 Å². The van der Waals surface area contributed by atoms with Crippen LogP contribution in [-0.2, 0) is 0 Å². The fraction of sp³-hybridized carbons (Fsp3) is 0.667. The Kier molecular flexibility index (Phi) is 3.14. The van der Waals surface area contributed by atoms with Crippen LogP contribution >= 0.6 is 11.6 Å². The van der Waals surface area contributed by atoms with E-state index in [1.54, 1.807) is 6.20 Å². The molecule has 1 aliphatic carbocycles. The van der Waals surface area contributed by atoms with Crippen LogP contribution in [0.5, 0.6) is 0 Å². The molecule has 76 valence electrons. The molecule has 0 unspecified atom stereocenters. The summed E-state index contributed by atoms with van der Waals surface area (Å²) in [5.74, 6) is 0.733. The smallest absolute Gasteiger partial charge is 0.244 e. The van der Waals surface area contributed by atoms with Gasteiger partial charge in [-0.2, -0.15) is 10.1 Å². The number of anilines is 1. The molecule has 1 fully saturated rings. The van der Waals surface area contributed by atoms with E-state index in [1.807, 2.05) is 0 Å². The minimum Gasteiger partial charge on any atom is -0.366 e. The van der Waals surface area contributed by atoms with Crippen LogP contribution in [0.15, 0.2) is 6.20 Å². The Labute approximate surface area is 88.1 Å². The van der Waals surface area contributed by atoms with Gasteiger partial charge >= 0.3 is 0 Å². The lowest BCUT2D eigenvalue weighted by Crippen LogP contribution is -2.22. The molecular weight excluding hydrogens is 200 g/mol. The molecule has 14 heavy (non-hydrogen) atoms. The van der Waals surface area contributed by atoms with Gasteiger partial charge in [0.15, 0.2) is 0 Å². The summed E-state index contributed by atoms with van der Waals surface area (Å²) in [7, 11) is 0. The molecular formula is C9H13ClN4. The third-order valence-electron chi connectivity index (χ3n) is 2.49. The van der Waals surface area contributed by atoms with Gasteiger partial charge in [0.05, 0.1) is 6.20 Å². The Morgan fingerprint density at radius 2 is 2.07 bits per heavy atom. The van der Waals surface area contributed by atoms with E-state index in [1.165, 1.54) is 32.1 Å². The van der Waals surface area contributed by atoms with E-state index in [9.17, 15) is 0 Å². The summed E-state index contributed by atoms with van der Waals surface area (Å²) in [5, 5.41) is 10.9. The number of halogens is 1. The quantitative estimate of drug-likeness (QED) is 0.817. The van der Waals surface area contributed by atoms with Crippen molar-refractivity contribution >= 4 is 17.4 Å². The highest BCUT2D eigenvalue weighted by Gasteiger charge is 2.13. The molecule has 0 amide bonds. The van der Waals surface area contributed by atoms with Crippen molar-refractivity contribution in [2.24, 2.45) is 0 Å². The molecule has 1 aromatic heterocycles. The standard InChI is InChI=1S/C9H13ClN4/c10-9-13-8(6-11-14-9)12-7-4-2-1-3-5-7/h6-7H,1-5H2,(H,12,13,14). The molecule has 0 spiro atoms. The maximum atomic E-state index is 5.64. The zero-order chi connectivity index (χ0) is 9.80. The van der Waals surface area contributed by atoms with Gasteiger partial charge in [0.2, 0.25) is 5.28 Å². The molecule has 0 aromatic carbocycles. The number of hydrogen-bond donors (Lipinski definition) is 1. The van der Waals surface area contributed by atoms with E-state index < -0.39 is 0 Å². The maximum Gasteiger partial charge on any atom is 0.244 e. The minimum atomic E-state index is 0.200. The zero-order valence-electron chi connectivity index (χ0n) is 7.91. The lowest BCUT2D eigenvalue weighted by atomic mass is 9.96. The molecule has 0 saturated heterocycles. The van der Waals surface area contributed by atoms with Gasteiger partial charge < -0.3 is 5.32 Å². The molecule has 0 aliphatic heterocycles. The number of aromatic nitrogens is 3. The molecule has 4 nitrogen and oxygen atoms in total. The fourth-order valence-corrected chi connectivity index (χ4v) is 1.94. The van der Waals surface area contributed by atoms with E-state index >= 15 is 0 Å². The summed E-state index contributed by atoms with van der Waals surface area (Å²) >= 11 is 5.64. The molecule has 1 aromatic rings. The van der Waals surface area contributed by atoms with Gasteiger partial charge in [-0.05, 0) is 24.4 Å². The molecule has 1 N–H and O–H groups in total. The van der Waals surface area contributed by atoms with Gasteiger partial charge in [-0.1, -0.05) is 19.3 Å². The van der Waals surface area contributed by atoms with Crippen molar-refractivity contribution in [1.82, 2.24) is 15.2 Å². The van der Waals surface area contributed by atoms with Crippen LogP contribution < -0.4 is 5.32 Å². The van der Waals surface area contributed by atoms with Crippen molar-refractivity contribution in [3.63, 3.8) is 0 Å². The molecule has 0 bridgehead atoms. The van der Waals surface area contributed by atoms with Gasteiger partial charge in [0, 0.05) is 6.04 Å². The normalized spacial score (nSPS) is 18.1. The first kappa shape index (κ1) is 9.65. The Bertz CT molecular complexity index is 299. The second-order valence-electron chi connectivity index (χ2n) is 3.59. The first-order valence-electron chi connectivity index (χ1n) is 4.96. The first-order valence-corrected chi connectivity index (χ1v) is 5.34. The fourth-order valence-electron chi connectivity index (χ4n) is 1.81. The van der Waals surface area contributed by atoms with Gasteiger partial charge in [-0.15, -0.1) is 5.10 Å². The maximum absolute atomic E-state index is 5.64. The van der Waals surface area contributed by atoms with Gasteiger partial charge in [-0.25, -0.2) is 0 Å². The van der Waals surface area contributed by atoms with E-state index in [0.29, 0.717) is 6.04 Å². The highest BCUT2D eigenvalue weighted by Crippen LogP contribution is 2.20. The Morgan fingerprint density at radius 1 is 1.29 bits per heavy atom. The molecule has 1 heterocycles. The van der Waals surface area contributed by atoms with Crippen LogP contribution in [0.4, 0.5) is 5.82 Å². The average Bonchev–Trinajstić information content (AvgIpc) is 2.19. The van der Waals surface area contributed by atoms with Crippen LogP contribution in [0.2, 0.25) is 5.28 Å². The predicted octanol–water partition coefficient (Wildman–Crippen LogP) is 2.27. The first-order chi connectivity index (χ1) is 6.84. The van der Waals surface area contributed by atoms with E-state index in [4.69, 9.17) is 11.6 Å². The summed E-state index contributed by atoms with van der Waals surface area (Å²) in [5.41, 5.74) is 0. The summed E-state index contributed by atoms with van der Waals surface area (Å²) in [6.07, 6.45) is 7.97. The van der Waals surface area contributed by atoms with Crippen molar-refractivity contribution < 1.29 is 0 Å². The van der Waals surface area contributed by atoms with Gasteiger partial charge in [-0.3, -0.25) is 0 Å². The predicted molar refractivity (Wildman–Crippen MR) is 55.3 cm³/mol. The Morgan fingerprint density at radius 3 is 2.79 bits per heavy atom. The number of hydrogen-bond acceptors (Lipinski definition) is 4. The van der Waals surface area contributed by atoms with Gasteiger partial charge in [0.25, 0.3) is 0 Å². The van der Waals surface area contributed by atoms with Crippen molar-refractivity contribution in [1.29, 1.82) is 0 Å². The number of nitrogens with zero attached hydrogens (tertiary/aromatic N) is 3. The molecule has 2 rings (SSSR count).